The topological polar surface area (TPSA) is 34.9 Å². The fraction of sp³-hybridized carbons (Fsp3) is 0.667. The van der Waals surface area contributed by atoms with Gasteiger partial charge in [-0.25, -0.2) is 0 Å². The van der Waals surface area contributed by atoms with Crippen LogP contribution in [0.2, 0.25) is 0 Å². The summed E-state index contributed by atoms with van der Waals surface area (Å²) in [6, 6.07) is 0. The molecule has 0 saturated heterocycles. The minimum absolute atomic E-state index is 0.0125. The highest BCUT2D eigenvalue weighted by atomic mass is 16.1. The largest absolute Gasteiger partial charge is 0.294 e. The van der Waals surface area contributed by atoms with Gasteiger partial charge in [-0.3, -0.25) is 9.48 Å². The summed E-state index contributed by atoms with van der Waals surface area (Å²) in [5.74, 6) is 2.86. The van der Waals surface area contributed by atoms with Crippen LogP contribution >= 0.6 is 0 Å². The SMILES string of the molecule is Cc1nn(C)cc1/C=C/C(=O)C12CC3CC(CC(C3)C1)C2. The van der Waals surface area contributed by atoms with E-state index in [1.54, 1.807) is 0 Å². The number of carbonyl (C=O) groups excluding carboxylic acids is 1. The predicted octanol–water partition coefficient (Wildman–Crippen LogP) is 3.53. The molecule has 4 aliphatic carbocycles. The second-order valence-corrected chi connectivity index (χ2v) is 7.74. The van der Waals surface area contributed by atoms with Crippen LogP contribution in [0.15, 0.2) is 12.3 Å². The molecule has 1 heterocycles. The van der Waals surface area contributed by atoms with Crippen LogP contribution in [0.25, 0.3) is 6.08 Å². The Hall–Kier alpha value is -1.38. The van der Waals surface area contributed by atoms with Gasteiger partial charge in [-0.2, -0.15) is 5.10 Å². The van der Waals surface area contributed by atoms with Crippen LogP contribution in [-0.4, -0.2) is 15.6 Å². The summed E-state index contributed by atoms with van der Waals surface area (Å²) in [7, 11) is 1.92. The molecular weight excluding hydrogens is 260 g/mol. The molecule has 4 aliphatic rings. The molecule has 0 spiro atoms. The van der Waals surface area contributed by atoms with Crippen molar-refractivity contribution in [3.05, 3.63) is 23.5 Å². The van der Waals surface area contributed by atoms with Gasteiger partial charge >= 0.3 is 0 Å². The van der Waals surface area contributed by atoms with Crippen molar-refractivity contribution in [2.24, 2.45) is 30.2 Å². The average molecular weight is 284 g/mol. The molecule has 4 fully saturated rings. The molecule has 112 valence electrons. The first-order valence-corrected chi connectivity index (χ1v) is 8.27. The van der Waals surface area contributed by atoms with Crippen molar-refractivity contribution in [1.29, 1.82) is 0 Å². The first-order valence-electron chi connectivity index (χ1n) is 8.27. The van der Waals surface area contributed by atoms with Crippen molar-refractivity contribution in [1.82, 2.24) is 9.78 Å². The Balaban J connectivity index is 1.56. The lowest BCUT2D eigenvalue weighted by Gasteiger charge is -2.55. The van der Waals surface area contributed by atoms with Crippen LogP contribution in [0.4, 0.5) is 0 Å². The quantitative estimate of drug-likeness (QED) is 0.796. The van der Waals surface area contributed by atoms with Gasteiger partial charge in [-0.1, -0.05) is 0 Å². The van der Waals surface area contributed by atoms with Gasteiger partial charge in [-0.05, 0) is 75.4 Å². The van der Waals surface area contributed by atoms with Crippen molar-refractivity contribution in [3.63, 3.8) is 0 Å². The molecule has 0 amide bonds. The van der Waals surface area contributed by atoms with Gasteiger partial charge < -0.3 is 0 Å². The maximum Gasteiger partial charge on any atom is 0.161 e. The number of carbonyl (C=O) groups is 1. The van der Waals surface area contributed by atoms with Crippen molar-refractivity contribution in [2.45, 2.75) is 45.4 Å². The van der Waals surface area contributed by atoms with Crippen molar-refractivity contribution < 1.29 is 4.79 Å². The monoisotopic (exact) mass is 284 g/mol. The van der Waals surface area contributed by atoms with Crippen LogP contribution in [-0.2, 0) is 11.8 Å². The molecule has 4 saturated carbocycles. The fourth-order valence-corrected chi connectivity index (χ4v) is 5.54. The average Bonchev–Trinajstić information content (AvgIpc) is 2.72. The molecule has 0 radical (unpaired) electrons. The van der Waals surface area contributed by atoms with Crippen molar-refractivity contribution in [3.8, 4) is 0 Å². The lowest BCUT2D eigenvalue weighted by atomic mass is 9.48. The maximum atomic E-state index is 12.9. The normalized spacial score (nSPS) is 37.5. The number of aromatic nitrogens is 2. The number of allylic oxidation sites excluding steroid dienone is 1. The molecule has 1 aromatic heterocycles. The third-order valence-electron chi connectivity index (χ3n) is 6.03. The zero-order chi connectivity index (χ0) is 14.6. The van der Waals surface area contributed by atoms with Crippen LogP contribution in [0.5, 0.6) is 0 Å². The Morgan fingerprint density at radius 2 is 1.81 bits per heavy atom. The van der Waals surface area contributed by atoms with Crippen LogP contribution in [0, 0.1) is 30.1 Å². The van der Waals surface area contributed by atoms with Crippen molar-refractivity contribution >= 4 is 11.9 Å². The number of rotatable bonds is 3. The summed E-state index contributed by atoms with van der Waals surface area (Å²) in [5, 5.41) is 4.34. The molecule has 5 rings (SSSR count). The van der Waals surface area contributed by atoms with Gasteiger partial charge in [0.15, 0.2) is 5.78 Å². The van der Waals surface area contributed by atoms with E-state index >= 15 is 0 Å². The highest BCUT2D eigenvalue weighted by Gasteiger charge is 2.53. The second kappa shape index (κ2) is 4.56. The first-order chi connectivity index (χ1) is 10.0. The van der Waals surface area contributed by atoms with Gasteiger partial charge in [0, 0.05) is 24.2 Å². The third kappa shape index (κ3) is 2.18. The van der Waals surface area contributed by atoms with Gasteiger partial charge in [0.1, 0.15) is 0 Å². The number of hydrogen-bond acceptors (Lipinski definition) is 2. The molecule has 4 bridgehead atoms. The number of ketones is 1. The van der Waals surface area contributed by atoms with E-state index in [4.69, 9.17) is 0 Å². The molecule has 21 heavy (non-hydrogen) atoms. The summed E-state index contributed by atoms with van der Waals surface area (Å²) in [4.78, 5) is 12.9. The zero-order valence-electron chi connectivity index (χ0n) is 13.0. The molecule has 0 unspecified atom stereocenters. The lowest BCUT2D eigenvalue weighted by molar-refractivity contribution is -0.138. The summed E-state index contributed by atoms with van der Waals surface area (Å²) in [6.07, 6.45) is 13.4. The van der Waals surface area contributed by atoms with E-state index in [1.807, 2.05) is 37.0 Å². The molecule has 3 nitrogen and oxygen atoms in total. The zero-order valence-corrected chi connectivity index (χ0v) is 13.0. The van der Waals surface area contributed by atoms with Gasteiger partial charge in [0.05, 0.1) is 5.69 Å². The third-order valence-corrected chi connectivity index (χ3v) is 6.03. The molecule has 0 atom stereocenters. The predicted molar refractivity (Wildman–Crippen MR) is 82.6 cm³/mol. The van der Waals surface area contributed by atoms with Gasteiger partial charge in [0.25, 0.3) is 0 Å². The summed E-state index contributed by atoms with van der Waals surface area (Å²) < 4.78 is 1.81. The highest BCUT2D eigenvalue weighted by Crippen LogP contribution is 2.60. The van der Waals surface area contributed by atoms with Crippen LogP contribution in [0.1, 0.15) is 49.8 Å². The molecular formula is C18H24N2O. The van der Waals surface area contributed by atoms with E-state index in [0.29, 0.717) is 5.78 Å². The second-order valence-electron chi connectivity index (χ2n) is 7.74. The van der Waals surface area contributed by atoms with E-state index in [9.17, 15) is 4.79 Å². The minimum Gasteiger partial charge on any atom is -0.294 e. The molecule has 3 heteroatoms. The molecule has 1 aromatic rings. The summed E-state index contributed by atoms with van der Waals surface area (Å²) in [5.41, 5.74) is 2.05. The van der Waals surface area contributed by atoms with E-state index in [-0.39, 0.29) is 5.41 Å². The van der Waals surface area contributed by atoms with E-state index < -0.39 is 0 Å². The Bertz CT molecular complexity index is 575. The highest BCUT2D eigenvalue weighted by molar-refractivity contribution is 5.98. The Kier molecular flexibility index (Phi) is 2.88. The summed E-state index contributed by atoms with van der Waals surface area (Å²) in [6.45, 7) is 1.99. The smallest absolute Gasteiger partial charge is 0.161 e. The summed E-state index contributed by atoms with van der Waals surface area (Å²) >= 11 is 0. The van der Waals surface area contributed by atoms with Gasteiger partial charge in [0.2, 0.25) is 0 Å². The molecule has 0 aliphatic heterocycles. The lowest BCUT2D eigenvalue weighted by Crippen LogP contribution is -2.49. The van der Waals surface area contributed by atoms with E-state index in [1.165, 1.54) is 19.3 Å². The standard InChI is InChI=1S/C18H24N2O/c1-12-16(11-20(2)19-12)3-4-17(21)18-8-13-5-14(9-18)7-15(6-13)10-18/h3-4,11,13-15H,5-10H2,1-2H3/b4-3+. The van der Waals surface area contributed by atoms with Crippen LogP contribution < -0.4 is 0 Å². The number of nitrogens with zero attached hydrogens (tertiary/aromatic N) is 2. The van der Waals surface area contributed by atoms with E-state index in [2.05, 4.69) is 5.10 Å². The Morgan fingerprint density at radius 1 is 1.24 bits per heavy atom. The van der Waals surface area contributed by atoms with Gasteiger partial charge in [-0.15, -0.1) is 0 Å². The van der Waals surface area contributed by atoms with Crippen LogP contribution in [0.3, 0.4) is 0 Å². The Morgan fingerprint density at radius 3 is 2.29 bits per heavy atom. The first kappa shape index (κ1) is 13.3. The van der Waals surface area contributed by atoms with Crippen molar-refractivity contribution in [2.75, 3.05) is 0 Å². The van der Waals surface area contributed by atoms with E-state index in [0.717, 1.165) is 48.3 Å². The maximum absolute atomic E-state index is 12.9. The number of aryl methyl sites for hydroxylation is 2. The minimum atomic E-state index is -0.0125. The fourth-order valence-electron chi connectivity index (χ4n) is 5.54. The molecule has 0 N–H and O–H groups in total. The Labute approximate surface area is 126 Å². The number of hydrogen-bond donors (Lipinski definition) is 0. The molecule has 0 aromatic carbocycles.